The molecule has 5 aromatic carbocycles. The van der Waals surface area contributed by atoms with Gasteiger partial charge in [0.15, 0.2) is 0 Å². The number of aliphatic hydroxyl groups is 1. The summed E-state index contributed by atoms with van der Waals surface area (Å²) in [7, 11) is 0. The van der Waals surface area contributed by atoms with Crippen molar-refractivity contribution in [1.82, 2.24) is 10.6 Å². The van der Waals surface area contributed by atoms with E-state index in [2.05, 4.69) is 34.6 Å². The quantitative estimate of drug-likeness (QED) is 0.0649. The molecule has 12 nitrogen and oxygen atoms in total. The Morgan fingerprint density at radius 1 is 0.833 bits per heavy atom. The van der Waals surface area contributed by atoms with Crippen molar-refractivity contribution >= 4 is 33.9 Å². The first kappa shape index (κ1) is 45.4. The van der Waals surface area contributed by atoms with Gasteiger partial charge in [0.05, 0.1) is 37.3 Å². The molecule has 0 bridgehead atoms. The summed E-state index contributed by atoms with van der Waals surface area (Å²) in [5, 5.41) is 31.4. The van der Waals surface area contributed by atoms with Gasteiger partial charge in [-0.25, -0.2) is 4.79 Å². The smallest absolute Gasteiger partial charge is 0.336 e. The summed E-state index contributed by atoms with van der Waals surface area (Å²) in [6.45, 7) is 7.86. The van der Waals surface area contributed by atoms with E-state index in [9.17, 15) is 19.8 Å². The van der Waals surface area contributed by atoms with E-state index in [1.54, 1.807) is 18.2 Å². The minimum absolute atomic E-state index is 0.142. The van der Waals surface area contributed by atoms with E-state index in [1.165, 1.54) is 22.4 Å². The fourth-order valence-electron chi connectivity index (χ4n) is 10.1. The molecule has 0 radical (unpaired) electrons. The molecule has 4 aliphatic rings. The highest BCUT2D eigenvalue weighted by atomic mass is 16.5. The van der Waals surface area contributed by atoms with Crippen molar-refractivity contribution in [2.45, 2.75) is 77.2 Å². The second-order valence-corrected chi connectivity index (χ2v) is 17.8. The minimum atomic E-state index is -1.05. The highest BCUT2D eigenvalue weighted by Crippen LogP contribution is 2.48. The molecule has 1 unspecified atom stereocenters. The van der Waals surface area contributed by atoms with E-state index in [0.717, 1.165) is 139 Å². The molecule has 0 saturated heterocycles. The van der Waals surface area contributed by atoms with Crippen molar-refractivity contribution in [2.75, 3.05) is 77.2 Å². The molecule has 0 saturated carbocycles. The zero-order valence-electron chi connectivity index (χ0n) is 38.1. The molecule has 12 heteroatoms. The lowest BCUT2D eigenvalue weighted by molar-refractivity contribution is 0.0475. The first-order chi connectivity index (χ1) is 32.4. The van der Waals surface area contributed by atoms with Gasteiger partial charge < -0.3 is 44.7 Å². The number of aromatic carboxylic acids is 1. The van der Waals surface area contributed by atoms with Gasteiger partial charge in [0.1, 0.15) is 30.0 Å². The molecule has 1 amide bonds. The van der Waals surface area contributed by atoms with Gasteiger partial charge >= 0.3 is 5.97 Å². The van der Waals surface area contributed by atoms with E-state index in [0.29, 0.717) is 44.0 Å². The van der Waals surface area contributed by atoms with E-state index in [1.807, 2.05) is 42.5 Å². The Kier molecular flexibility index (Phi) is 14.6. The first-order valence-corrected chi connectivity index (χ1v) is 24.1. The summed E-state index contributed by atoms with van der Waals surface area (Å²) in [6, 6.07) is 23.3. The van der Waals surface area contributed by atoms with Crippen molar-refractivity contribution in [3.8, 4) is 17.2 Å². The van der Waals surface area contributed by atoms with Crippen molar-refractivity contribution in [3.05, 3.63) is 128 Å². The van der Waals surface area contributed by atoms with Crippen LogP contribution < -0.4 is 35.6 Å². The van der Waals surface area contributed by atoms with Crippen LogP contribution in [-0.2, 0) is 35.2 Å². The van der Waals surface area contributed by atoms with Crippen LogP contribution in [0.25, 0.3) is 16.3 Å². The van der Waals surface area contributed by atoms with Gasteiger partial charge in [0.25, 0.3) is 5.91 Å². The Balaban J connectivity index is 0.861. The second kappa shape index (κ2) is 21.2. The van der Waals surface area contributed by atoms with Crippen LogP contribution >= 0.6 is 0 Å². The first-order valence-electron chi connectivity index (χ1n) is 24.1. The van der Waals surface area contributed by atoms with Crippen LogP contribution in [0.5, 0.6) is 17.2 Å². The Hall–Kier alpha value is -5.79. The van der Waals surface area contributed by atoms with Crippen LogP contribution in [0.2, 0.25) is 0 Å². The number of nitrogens with zero attached hydrogens (tertiary/aromatic N) is 2. The highest BCUT2D eigenvalue weighted by Gasteiger charge is 2.34. The van der Waals surface area contributed by atoms with Crippen molar-refractivity contribution in [3.63, 3.8) is 0 Å². The average molecular weight is 895 g/mol. The van der Waals surface area contributed by atoms with Crippen LogP contribution in [0.4, 0.5) is 5.69 Å². The van der Waals surface area contributed by atoms with Crippen LogP contribution in [0.1, 0.15) is 99.5 Å². The number of carboxylic acid groups (broad SMARTS) is 1. The molecule has 5 aromatic rings. The normalized spacial score (nSPS) is 15.5. The molecular weight excluding hydrogens is 833 g/mol. The number of anilines is 1. The van der Waals surface area contributed by atoms with Gasteiger partial charge in [-0.3, -0.25) is 9.79 Å². The van der Waals surface area contributed by atoms with Crippen molar-refractivity contribution < 1.29 is 38.7 Å². The van der Waals surface area contributed by atoms with Crippen molar-refractivity contribution in [1.29, 1.82) is 0 Å². The lowest BCUT2D eigenvalue weighted by atomic mass is 9.83. The summed E-state index contributed by atoms with van der Waals surface area (Å²) >= 11 is 0. The number of aliphatic hydroxyl groups excluding tert-OH is 1. The molecule has 0 fully saturated rings. The van der Waals surface area contributed by atoms with E-state index < -0.39 is 12.1 Å². The number of fused-ring (bicyclic) bond motifs is 5. The lowest BCUT2D eigenvalue weighted by Crippen LogP contribution is -2.33. The monoisotopic (exact) mass is 894 g/mol. The number of ether oxygens (including phenoxy) is 4. The van der Waals surface area contributed by atoms with Crippen LogP contribution in [0, 0.1) is 0 Å². The fraction of sp³-hybridized carbons (Fsp3) is 0.426. The summed E-state index contributed by atoms with van der Waals surface area (Å²) in [6.07, 6.45) is 9.05. The largest absolute Gasteiger partial charge is 0.490 e. The SMILES string of the molecule is CCCc1c2c(cc3c1=NCCCC3)=C(c1cc(C(=O)NCCOCCOCCNCC(O)COc3cccc4ccccc34)ccc1C(=O)O)c1cc3c4c(c1O2)CCCN4CCCC3. The summed E-state index contributed by atoms with van der Waals surface area (Å²) < 4.78 is 24.6. The predicted molar refractivity (Wildman–Crippen MR) is 256 cm³/mol. The Morgan fingerprint density at radius 2 is 1.64 bits per heavy atom. The topological polar surface area (TPSA) is 151 Å². The van der Waals surface area contributed by atoms with Crippen molar-refractivity contribution in [2.24, 2.45) is 4.99 Å². The number of hydrogen-bond donors (Lipinski definition) is 4. The molecule has 4 aliphatic heterocycles. The van der Waals surface area contributed by atoms with Gasteiger partial charge in [-0.05, 0) is 116 Å². The molecule has 0 aromatic heterocycles. The third kappa shape index (κ3) is 9.83. The number of benzene rings is 5. The van der Waals surface area contributed by atoms with Crippen LogP contribution in [-0.4, -0.2) is 100 Å². The third-order valence-electron chi connectivity index (χ3n) is 13.2. The highest BCUT2D eigenvalue weighted by molar-refractivity contribution is 6.02. The average Bonchev–Trinajstić information content (AvgIpc) is 3.71. The molecular formula is C54H62N4O8. The van der Waals surface area contributed by atoms with E-state index in [-0.39, 0.29) is 31.2 Å². The zero-order valence-corrected chi connectivity index (χ0v) is 38.1. The number of carbonyl (C=O) groups excluding carboxylic acids is 1. The molecule has 4 N–H and O–H groups in total. The zero-order chi connectivity index (χ0) is 45.4. The number of carboxylic acids is 1. The number of amides is 1. The van der Waals surface area contributed by atoms with Gasteiger partial charge in [0, 0.05) is 83.4 Å². The number of carbonyl (C=O) groups is 2. The third-order valence-corrected chi connectivity index (χ3v) is 13.2. The van der Waals surface area contributed by atoms with Crippen LogP contribution in [0.3, 0.4) is 0 Å². The standard InChI is InChI=1S/C54H62N4O8/c1-2-11-42-49-36(13-5-7-21-56-49)30-45-48(46-31-37-14-6-8-24-58-25-10-17-43(50(37)58)52(46)66-51(42)45)44-32-38(19-20-41(44)54(61)62)53(60)57-23-27-64-29-28-63-26-22-55-33-39(59)34-65-47-18-9-15-35-12-3-4-16-40(35)47/h3-4,9,12,15-16,18-20,30-32,39,55,59H,2,5-8,10-11,13-14,17,21-29,33-34H2,1H3,(H,57,60)(H,61,62). The summed E-state index contributed by atoms with van der Waals surface area (Å²) in [5.41, 5.74) is 8.78. The maximum atomic E-state index is 13.8. The number of hydrogen-bond acceptors (Lipinski definition) is 10. The Morgan fingerprint density at radius 3 is 2.50 bits per heavy atom. The van der Waals surface area contributed by atoms with Gasteiger partial charge in [-0.1, -0.05) is 49.7 Å². The van der Waals surface area contributed by atoms with Crippen LogP contribution in [0.15, 0.2) is 77.8 Å². The molecule has 346 valence electrons. The molecule has 66 heavy (non-hydrogen) atoms. The lowest BCUT2D eigenvalue weighted by Gasteiger charge is -2.35. The number of rotatable bonds is 19. The van der Waals surface area contributed by atoms with E-state index in [4.69, 9.17) is 23.9 Å². The molecule has 4 heterocycles. The Labute approximate surface area is 386 Å². The minimum Gasteiger partial charge on any atom is -0.490 e. The van der Waals surface area contributed by atoms with E-state index >= 15 is 0 Å². The summed E-state index contributed by atoms with van der Waals surface area (Å²) in [5.74, 6) is 0.977. The van der Waals surface area contributed by atoms with Gasteiger partial charge in [-0.2, -0.15) is 0 Å². The fourth-order valence-corrected chi connectivity index (χ4v) is 10.1. The maximum Gasteiger partial charge on any atom is 0.336 e. The summed E-state index contributed by atoms with van der Waals surface area (Å²) in [4.78, 5) is 34.6. The maximum absolute atomic E-state index is 13.8. The molecule has 0 spiro atoms. The molecule has 0 aliphatic carbocycles. The van der Waals surface area contributed by atoms with Gasteiger partial charge in [0.2, 0.25) is 0 Å². The number of nitrogens with one attached hydrogen (secondary N) is 2. The predicted octanol–water partition coefficient (Wildman–Crippen LogP) is 6.68. The molecule has 9 rings (SSSR count). The Bertz CT molecular complexity index is 2710. The second-order valence-electron chi connectivity index (χ2n) is 17.8. The number of aryl methyl sites for hydroxylation is 2. The van der Waals surface area contributed by atoms with Gasteiger partial charge in [-0.15, -0.1) is 0 Å². The molecule has 1 atom stereocenters.